The van der Waals surface area contributed by atoms with Crippen molar-refractivity contribution < 1.29 is 9.90 Å². The predicted octanol–water partition coefficient (Wildman–Crippen LogP) is 2.66. The van der Waals surface area contributed by atoms with Crippen molar-refractivity contribution in [2.24, 2.45) is 11.3 Å². The zero-order valence-corrected chi connectivity index (χ0v) is 10.6. The molecule has 2 atom stereocenters. The number of carboxylic acids is 1. The molecular formula is C13H25NO2. The summed E-state index contributed by atoms with van der Waals surface area (Å²) in [6, 6.07) is 0. The van der Waals surface area contributed by atoms with Gasteiger partial charge in [0.05, 0.1) is 5.41 Å². The molecule has 3 heteroatoms. The minimum absolute atomic E-state index is 0.478. The molecule has 1 heterocycles. The fraction of sp³-hybridized carbons (Fsp3) is 0.923. The second-order valence-electron chi connectivity index (χ2n) is 5.13. The Morgan fingerprint density at radius 3 is 2.69 bits per heavy atom. The Morgan fingerprint density at radius 2 is 2.25 bits per heavy atom. The molecule has 0 spiro atoms. The molecule has 1 saturated heterocycles. The molecule has 1 fully saturated rings. The third-order valence-electron chi connectivity index (χ3n) is 3.92. The van der Waals surface area contributed by atoms with Gasteiger partial charge in [0.1, 0.15) is 0 Å². The van der Waals surface area contributed by atoms with Crippen molar-refractivity contribution in [3.05, 3.63) is 0 Å². The van der Waals surface area contributed by atoms with Crippen LogP contribution in [0.2, 0.25) is 0 Å². The summed E-state index contributed by atoms with van der Waals surface area (Å²) >= 11 is 0. The summed E-state index contributed by atoms with van der Waals surface area (Å²) in [5.74, 6) is -0.0246. The maximum absolute atomic E-state index is 11.4. The van der Waals surface area contributed by atoms with Crippen LogP contribution in [0.5, 0.6) is 0 Å². The van der Waals surface area contributed by atoms with Gasteiger partial charge < -0.3 is 10.4 Å². The van der Waals surface area contributed by atoms with E-state index in [0.29, 0.717) is 12.5 Å². The van der Waals surface area contributed by atoms with E-state index in [2.05, 4.69) is 19.2 Å². The summed E-state index contributed by atoms with van der Waals surface area (Å²) < 4.78 is 0. The van der Waals surface area contributed by atoms with Crippen molar-refractivity contribution in [3.63, 3.8) is 0 Å². The Kier molecular flexibility index (Phi) is 5.26. The zero-order valence-electron chi connectivity index (χ0n) is 10.6. The number of nitrogens with one attached hydrogen (secondary N) is 1. The average molecular weight is 227 g/mol. The first-order valence-corrected chi connectivity index (χ1v) is 6.58. The monoisotopic (exact) mass is 227 g/mol. The third kappa shape index (κ3) is 3.21. The highest BCUT2D eigenvalue weighted by atomic mass is 16.4. The minimum atomic E-state index is -0.604. The summed E-state index contributed by atoms with van der Waals surface area (Å²) in [5, 5.41) is 12.6. The molecule has 94 valence electrons. The molecule has 1 aliphatic rings. The Bertz CT molecular complexity index is 222. The van der Waals surface area contributed by atoms with Crippen LogP contribution in [-0.4, -0.2) is 24.2 Å². The van der Waals surface area contributed by atoms with Crippen LogP contribution in [0, 0.1) is 11.3 Å². The van der Waals surface area contributed by atoms with Gasteiger partial charge in [-0.05, 0) is 25.3 Å². The highest BCUT2D eigenvalue weighted by Gasteiger charge is 2.42. The first kappa shape index (κ1) is 13.5. The van der Waals surface area contributed by atoms with Crippen molar-refractivity contribution >= 4 is 5.97 Å². The van der Waals surface area contributed by atoms with E-state index in [9.17, 15) is 9.90 Å². The van der Waals surface area contributed by atoms with Gasteiger partial charge in [0, 0.05) is 6.54 Å². The highest BCUT2D eigenvalue weighted by Crippen LogP contribution is 2.36. The molecule has 0 saturated carbocycles. The van der Waals surface area contributed by atoms with E-state index < -0.39 is 11.4 Å². The largest absolute Gasteiger partial charge is 0.481 e. The quantitative estimate of drug-likeness (QED) is 0.703. The topological polar surface area (TPSA) is 49.3 Å². The summed E-state index contributed by atoms with van der Waals surface area (Å²) in [4.78, 5) is 11.4. The molecule has 2 N–H and O–H groups in total. The number of aliphatic carboxylic acids is 1. The van der Waals surface area contributed by atoms with Crippen molar-refractivity contribution in [2.75, 3.05) is 13.1 Å². The van der Waals surface area contributed by atoms with Crippen LogP contribution in [0.1, 0.15) is 52.4 Å². The van der Waals surface area contributed by atoms with Gasteiger partial charge in [0.25, 0.3) is 0 Å². The Morgan fingerprint density at radius 1 is 1.50 bits per heavy atom. The van der Waals surface area contributed by atoms with Crippen LogP contribution in [0.3, 0.4) is 0 Å². The average Bonchev–Trinajstić information content (AvgIpc) is 2.74. The molecule has 1 rings (SSSR count). The zero-order chi connectivity index (χ0) is 12.0. The molecule has 0 bridgehead atoms. The predicted molar refractivity (Wildman–Crippen MR) is 65.5 cm³/mol. The third-order valence-corrected chi connectivity index (χ3v) is 3.92. The molecule has 0 radical (unpaired) electrons. The van der Waals surface area contributed by atoms with E-state index in [-0.39, 0.29) is 0 Å². The van der Waals surface area contributed by atoms with Crippen LogP contribution in [0.15, 0.2) is 0 Å². The van der Waals surface area contributed by atoms with Gasteiger partial charge in [-0.3, -0.25) is 4.79 Å². The molecular weight excluding hydrogens is 202 g/mol. The van der Waals surface area contributed by atoms with E-state index in [1.807, 2.05) is 0 Å². The highest BCUT2D eigenvalue weighted by molar-refractivity contribution is 5.75. The fourth-order valence-electron chi connectivity index (χ4n) is 2.68. The van der Waals surface area contributed by atoms with E-state index in [4.69, 9.17) is 0 Å². The molecule has 0 aromatic rings. The van der Waals surface area contributed by atoms with Gasteiger partial charge in [0.15, 0.2) is 0 Å². The second kappa shape index (κ2) is 6.24. The first-order chi connectivity index (χ1) is 7.64. The summed E-state index contributed by atoms with van der Waals surface area (Å²) in [5.41, 5.74) is -0.478. The summed E-state index contributed by atoms with van der Waals surface area (Å²) in [7, 11) is 0. The molecule has 0 amide bonds. The number of hydrogen-bond acceptors (Lipinski definition) is 2. The van der Waals surface area contributed by atoms with Crippen molar-refractivity contribution in [1.29, 1.82) is 0 Å². The van der Waals surface area contributed by atoms with Crippen molar-refractivity contribution in [3.8, 4) is 0 Å². The Labute approximate surface area is 98.6 Å². The molecule has 0 aromatic heterocycles. The van der Waals surface area contributed by atoms with Gasteiger partial charge in [0.2, 0.25) is 0 Å². The lowest BCUT2D eigenvalue weighted by molar-refractivity contribution is -0.149. The van der Waals surface area contributed by atoms with Crippen molar-refractivity contribution in [1.82, 2.24) is 5.32 Å². The summed E-state index contributed by atoms with van der Waals surface area (Å²) in [6.45, 7) is 5.89. The van der Waals surface area contributed by atoms with Crippen LogP contribution >= 0.6 is 0 Å². The molecule has 0 aromatic carbocycles. The lowest BCUT2D eigenvalue weighted by Gasteiger charge is -2.28. The maximum atomic E-state index is 11.4. The number of carboxylic acid groups (broad SMARTS) is 1. The lowest BCUT2D eigenvalue weighted by atomic mass is 9.76. The molecule has 16 heavy (non-hydrogen) atoms. The molecule has 1 aliphatic heterocycles. The van der Waals surface area contributed by atoms with Crippen molar-refractivity contribution in [2.45, 2.75) is 52.4 Å². The fourth-order valence-corrected chi connectivity index (χ4v) is 2.68. The van der Waals surface area contributed by atoms with Gasteiger partial charge in [-0.2, -0.15) is 0 Å². The lowest BCUT2D eigenvalue weighted by Crippen LogP contribution is -2.35. The standard InChI is InChI=1S/C13H25NO2/c1-3-5-6-11(4-2)9-13(12(15)16)7-8-14-10-13/h11,14H,3-10H2,1-2H3,(H,15,16). The van der Waals surface area contributed by atoms with Crippen LogP contribution in [-0.2, 0) is 4.79 Å². The number of unbranched alkanes of at least 4 members (excludes halogenated alkanes) is 1. The van der Waals surface area contributed by atoms with Gasteiger partial charge in [-0.25, -0.2) is 0 Å². The smallest absolute Gasteiger partial charge is 0.310 e. The SMILES string of the molecule is CCCCC(CC)CC1(C(=O)O)CCNC1. The Hall–Kier alpha value is -0.570. The molecule has 0 aliphatic carbocycles. The van der Waals surface area contributed by atoms with E-state index in [1.165, 1.54) is 19.3 Å². The van der Waals surface area contributed by atoms with E-state index in [0.717, 1.165) is 25.8 Å². The van der Waals surface area contributed by atoms with Gasteiger partial charge in [-0.1, -0.05) is 39.5 Å². The Balaban J connectivity index is 2.55. The number of hydrogen-bond donors (Lipinski definition) is 2. The van der Waals surface area contributed by atoms with E-state index in [1.54, 1.807) is 0 Å². The summed E-state index contributed by atoms with van der Waals surface area (Å²) in [6.07, 6.45) is 6.37. The van der Waals surface area contributed by atoms with Crippen LogP contribution in [0.25, 0.3) is 0 Å². The van der Waals surface area contributed by atoms with Crippen LogP contribution in [0.4, 0.5) is 0 Å². The molecule has 2 unspecified atom stereocenters. The van der Waals surface area contributed by atoms with E-state index >= 15 is 0 Å². The van der Waals surface area contributed by atoms with Crippen LogP contribution < -0.4 is 5.32 Å². The number of rotatable bonds is 7. The maximum Gasteiger partial charge on any atom is 0.310 e. The molecule has 3 nitrogen and oxygen atoms in total. The van der Waals surface area contributed by atoms with Gasteiger partial charge in [-0.15, -0.1) is 0 Å². The normalized spacial score (nSPS) is 26.9. The minimum Gasteiger partial charge on any atom is -0.481 e. The van der Waals surface area contributed by atoms with Gasteiger partial charge >= 0.3 is 5.97 Å². The first-order valence-electron chi connectivity index (χ1n) is 6.58. The number of carbonyl (C=O) groups is 1. The second-order valence-corrected chi connectivity index (χ2v) is 5.13.